The van der Waals surface area contributed by atoms with Crippen LogP contribution in [0.25, 0.3) is 0 Å². The zero-order valence-electron chi connectivity index (χ0n) is 11.2. The van der Waals surface area contributed by atoms with Crippen molar-refractivity contribution in [3.05, 3.63) is 44.2 Å². The molecule has 0 aliphatic carbocycles. The maximum absolute atomic E-state index is 11.2. The average Bonchev–Trinajstić information content (AvgIpc) is 2.81. The Balaban J connectivity index is 2.22. The molecular weight excluding hydrogens is 340 g/mol. The van der Waals surface area contributed by atoms with E-state index in [-0.39, 0.29) is 11.5 Å². The highest BCUT2D eigenvalue weighted by Gasteiger charge is 2.11. The predicted molar refractivity (Wildman–Crippen MR) is 84.6 cm³/mol. The smallest absolute Gasteiger partial charge is 0.335 e. The van der Waals surface area contributed by atoms with Crippen LogP contribution in [0, 0.1) is 0 Å². The first-order valence-corrected chi connectivity index (χ1v) is 7.85. The molecule has 0 unspecified atom stereocenters. The summed E-state index contributed by atoms with van der Waals surface area (Å²) in [7, 11) is 0. The number of aromatic nitrogens is 1. The van der Waals surface area contributed by atoms with E-state index in [4.69, 9.17) is 5.11 Å². The normalized spacial score (nSPS) is 10.8. The van der Waals surface area contributed by atoms with E-state index in [1.165, 1.54) is 0 Å². The topological polar surface area (TPSA) is 62.2 Å². The summed E-state index contributed by atoms with van der Waals surface area (Å²) in [5.41, 5.74) is 1.04. The van der Waals surface area contributed by atoms with E-state index in [1.54, 1.807) is 23.5 Å². The largest absolute Gasteiger partial charge is 0.478 e. The van der Waals surface area contributed by atoms with Crippen LogP contribution in [0.15, 0.2) is 28.1 Å². The van der Waals surface area contributed by atoms with Crippen molar-refractivity contribution in [1.29, 1.82) is 0 Å². The Bertz CT molecular complexity index is 625. The minimum atomic E-state index is -0.936. The van der Waals surface area contributed by atoms with E-state index in [1.807, 2.05) is 25.3 Å². The third-order valence-corrected chi connectivity index (χ3v) is 4.73. The molecule has 2 N–H and O–H groups in total. The number of nitrogens with zero attached hydrogens (tertiary/aromatic N) is 1. The lowest BCUT2D eigenvalue weighted by atomic mass is 10.1. The van der Waals surface area contributed by atoms with E-state index in [0.717, 1.165) is 15.0 Å². The minimum Gasteiger partial charge on any atom is -0.478 e. The SMILES string of the molecule is CC(C)c1cc(C(=O)O)cc(NCc2sccc2Br)n1. The summed E-state index contributed by atoms with van der Waals surface area (Å²) in [6.07, 6.45) is 0. The molecule has 0 saturated carbocycles. The Morgan fingerprint density at radius 3 is 2.80 bits per heavy atom. The molecule has 20 heavy (non-hydrogen) atoms. The second-order valence-electron chi connectivity index (χ2n) is 4.67. The molecule has 4 nitrogen and oxygen atoms in total. The highest BCUT2D eigenvalue weighted by molar-refractivity contribution is 9.10. The zero-order chi connectivity index (χ0) is 14.7. The van der Waals surface area contributed by atoms with Crippen LogP contribution in [-0.4, -0.2) is 16.1 Å². The minimum absolute atomic E-state index is 0.184. The molecule has 106 valence electrons. The first-order chi connectivity index (χ1) is 9.47. The number of pyridine rings is 1. The lowest BCUT2D eigenvalue weighted by Gasteiger charge is -2.11. The van der Waals surface area contributed by atoms with Gasteiger partial charge < -0.3 is 10.4 Å². The number of nitrogens with one attached hydrogen (secondary N) is 1. The third kappa shape index (κ3) is 3.58. The summed E-state index contributed by atoms with van der Waals surface area (Å²) in [5, 5.41) is 14.3. The molecule has 2 heterocycles. The van der Waals surface area contributed by atoms with Gasteiger partial charge in [-0.3, -0.25) is 0 Å². The molecule has 0 fully saturated rings. The van der Waals surface area contributed by atoms with E-state index < -0.39 is 5.97 Å². The molecule has 2 aromatic heterocycles. The molecule has 0 radical (unpaired) electrons. The molecule has 0 aliphatic heterocycles. The van der Waals surface area contributed by atoms with Crippen LogP contribution in [0.1, 0.15) is 40.7 Å². The number of thiophene rings is 1. The molecule has 0 bridgehead atoms. The molecule has 0 atom stereocenters. The average molecular weight is 355 g/mol. The fourth-order valence-corrected chi connectivity index (χ4v) is 3.12. The molecule has 2 aromatic rings. The van der Waals surface area contributed by atoms with E-state index >= 15 is 0 Å². The van der Waals surface area contributed by atoms with Crippen molar-refractivity contribution < 1.29 is 9.90 Å². The molecule has 0 aliphatic rings. The molecule has 0 saturated heterocycles. The van der Waals surface area contributed by atoms with Gasteiger partial charge in [-0.15, -0.1) is 11.3 Å². The number of carbonyl (C=O) groups is 1. The van der Waals surface area contributed by atoms with Crippen LogP contribution in [0.5, 0.6) is 0 Å². The molecule has 0 spiro atoms. The third-order valence-electron chi connectivity index (χ3n) is 2.80. The fourth-order valence-electron chi connectivity index (χ4n) is 1.68. The van der Waals surface area contributed by atoms with Crippen molar-refractivity contribution in [2.45, 2.75) is 26.3 Å². The number of hydrogen-bond acceptors (Lipinski definition) is 4. The van der Waals surface area contributed by atoms with Crippen molar-refractivity contribution in [3.8, 4) is 0 Å². The highest BCUT2D eigenvalue weighted by Crippen LogP contribution is 2.24. The van der Waals surface area contributed by atoms with Crippen molar-refractivity contribution >= 4 is 39.1 Å². The number of carboxylic acid groups (broad SMARTS) is 1. The maximum atomic E-state index is 11.2. The monoisotopic (exact) mass is 354 g/mol. The second kappa shape index (κ2) is 6.37. The summed E-state index contributed by atoms with van der Waals surface area (Å²) in [6, 6.07) is 5.18. The summed E-state index contributed by atoms with van der Waals surface area (Å²) >= 11 is 5.11. The first kappa shape index (κ1) is 15.0. The van der Waals surface area contributed by atoms with Crippen molar-refractivity contribution in [2.75, 3.05) is 5.32 Å². The predicted octanol–water partition coefficient (Wildman–Crippen LogP) is 4.34. The molecule has 6 heteroatoms. The summed E-state index contributed by atoms with van der Waals surface area (Å²) in [4.78, 5) is 16.8. The fraction of sp³-hybridized carbons (Fsp3) is 0.286. The Kier molecular flexibility index (Phi) is 4.77. The van der Waals surface area contributed by atoms with Gasteiger partial charge in [0, 0.05) is 15.0 Å². The Hall–Kier alpha value is -1.40. The molecular formula is C14H15BrN2O2S. The van der Waals surface area contributed by atoms with Gasteiger partial charge in [0.25, 0.3) is 0 Å². The van der Waals surface area contributed by atoms with Crippen LogP contribution in [0.4, 0.5) is 5.82 Å². The van der Waals surface area contributed by atoms with Crippen LogP contribution in [0.2, 0.25) is 0 Å². The number of halogens is 1. The Morgan fingerprint density at radius 1 is 1.50 bits per heavy atom. The van der Waals surface area contributed by atoms with Gasteiger partial charge in [-0.05, 0) is 45.4 Å². The number of rotatable bonds is 5. The van der Waals surface area contributed by atoms with E-state index in [2.05, 4.69) is 26.2 Å². The number of carboxylic acids is 1. The summed E-state index contributed by atoms with van der Waals surface area (Å²) in [6.45, 7) is 4.60. The number of hydrogen-bond donors (Lipinski definition) is 2. The van der Waals surface area contributed by atoms with Crippen LogP contribution in [0.3, 0.4) is 0 Å². The van der Waals surface area contributed by atoms with Gasteiger partial charge in [-0.25, -0.2) is 9.78 Å². The zero-order valence-corrected chi connectivity index (χ0v) is 13.6. The van der Waals surface area contributed by atoms with Crippen molar-refractivity contribution in [2.24, 2.45) is 0 Å². The van der Waals surface area contributed by atoms with Gasteiger partial charge in [0.2, 0.25) is 0 Å². The van der Waals surface area contributed by atoms with Gasteiger partial charge in [0.15, 0.2) is 0 Å². The van der Waals surface area contributed by atoms with Crippen LogP contribution in [-0.2, 0) is 6.54 Å². The van der Waals surface area contributed by atoms with Crippen molar-refractivity contribution in [1.82, 2.24) is 4.98 Å². The van der Waals surface area contributed by atoms with Gasteiger partial charge in [0.05, 0.1) is 12.1 Å². The number of aromatic carboxylic acids is 1. The van der Waals surface area contributed by atoms with Crippen LogP contribution < -0.4 is 5.32 Å². The molecule has 2 rings (SSSR count). The van der Waals surface area contributed by atoms with E-state index in [9.17, 15) is 4.79 Å². The Labute approximate surface area is 130 Å². The van der Waals surface area contributed by atoms with Gasteiger partial charge in [-0.1, -0.05) is 13.8 Å². The van der Waals surface area contributed by atoms with Crippen LogP contribution >= 0.6 is 27.3 Å². The molecule has 0 aromatic carbocycles. The highest BCUT2D eigenvalue weighted by atomic mass is 79.9. The first-order valence-electron chi connectivity index (χ1n) is 6.18. The van der Waals surface area contributed by atoms with E-state index in [0.29, 0.717) is 12.4 Å². The summed E-state index contributed by atoms with van der Waals surface area (Å²) in [5.74, 6) is -0.160. The quantitative estimate of drug-likeness (QED) is 0.838. The summed E-state index contributed by atoms with van der Waals surface area (Å²) < 4.78 is 1.05. The van der Waals surface area contributed by atoms with Gasteiger partial charge in [-0.2, -0.15) is 0 Å². The number of anilines is 1. The van der Waals surface area contributed by atoms with Gasteiger partial charge in [0.1, 0.15) is 5.82 Å². The lowest BCUT2D eigenvalue weighted by Crippen LogP contribution is -2.07. The molecule has 0 amide bonds. The standard InChI is InChI=1S/C14H15BrN2O2S/c1-8(2)11-5-9(14(18)19)6-13(17-11)16-7-12-10(15)3-4-20-12/h3-6,8H,7H2,1-2H3,(H,16,17)(H,18,19). The maximum Gasteiger partial charge on any atom is 0.335 e. The van der Waals surface area contributed by atoms with Crippen molar-refractivity contribution in [3.63, 3.8) is 0 Å². The lowest BCUT2D eigenvalue weighted by molar-refractivity contribution is 0.0696. The van der Waals surface area contributed by atoms with Gasteiger partial charge >= 0.3 is 5.97 Å². The second-order valence-corrected chi connectivity index (χ2v) is 6.53. The Morgan fingerprint density at radius 2 is 2.25 bits per heavy atom.